The molecule has 3 rings (SSSR count). The summed E-state index contributed by atoms with van der Waals surface area (Å²) in [5, 5.41) is 4.11. The van der Waals surface area contributed by atoms with Crippen LogP contribution in [0.1, 0.15) is 0 Å². The summed E-state index contributed by atoms with van der Waals surface area (Å²) in [6.45, 7) is 0. The van der Waals surface area contributed by atoms with E-state index in [1.54, 1.807) is 29.1 Å². The van der Waals surface area contributed by atoms with Crippen LogP contribution in [0.15, 0.2) is 42.7 Å². The van der Waals surface area contributed by atoms with Crippen LogP contribution in [0, 0.1) is 5.82 Å². The van der Waals surface area contributed by atoms with Gasteiger partial charge in [-0.2, -0.15) is 5.10 Å². The van der Waals surface area contributed by atoms with Crippen LogP contribution in [-0.2, 0) is 7.05 Å². The lowest BCUT2D eigenvalue weighted by Crippen LogP contribution is -2.09. The molecule has 0 amide bonds. The van der Waals surface area contributed by atoms with E-state index in [-0.39, 0.29) is 5.82 Å². The van der Waals surface area contributed by atoms with Gasteiger partial charge < -0.3 is 5.43 Å². The Morgan fingerprint density at radius 2 is 2.05 bits per heavy atom. The van der Waals surface area contributed by atoms with Crippen LogP contribution in [0.2, 0.25) is 0 Å². The number of halogens is 1. The minimum Gasteiger partial charge on any atom is -0.308 e. The maximum atomic E-state index is 13.4. The number of nitrogens with two attached hydrogens (primary N) is 1. The minimum absolute atomic E-state index is 0.342. The van der Waals surface area contributed by atoms with Gasteiger partial charge in [-0.15, -0.1) is 0 Å². The molecule has 0 unspecified atom stereocenters. The topological polar surface area (TPSA) is 81.7 Å². The van der Waals surface area contributed by atoms with E-state index >= 15 is 0 Å². The van der Waals surface area contributed by atoms with E-state index in [1.807, 2.05) is 13.2 Å². The predicted molar refractivity (Wildman–Crippen MR) is 77.4 cm³/mol. The zero-order chi connectivity index (χ0) is 14.8. The second-order valence-electron chi connectivity index (χ2n) is 4.52. The molecule has 0 aliphatic carbocycles. The summed E-state index contributed by atoms with van der Waals surface area (Å²) in [5.41, 5.74) is 4.56. The fourth-order valence-electron chi connectivity index (χ4n) is 1.98. The van der Waals surface area contributed by atoms with Gasteiger partial charge in [-0.25, -0.2) is 20.2 Å². The number of aryl methyl sites for hydroxylation is 1. The van der Waals surface area contributed by atoms with Crippen LogP contribution in [-0.4, -0.2) is 19.7 Å². The maximum Gasteiger partial charge on any atom is 0.162 e. The Bertz CT molecular complexity index is 783. The number of rotatable bonds is 3. The van der Waals surface area contributed by atoms with Gasteiger partial charge in [0.2, 0.25) is 0 Å². The molecule has 0 aliphatic heterocycles. The summed E-state index contributed by atoms with van der Waals surface area (Å²) in [6, 6.07) is 7.81. The molecule has 21 heavy (non-hydrogen) atoms. The molecule has 3 aromatic rings. The summed E-state index contributed by atoms with van der Waals surface area (Å²) in [4.78, 5) is 8.70. The molecule has 2 aromatic heterocycles. The van der Waals surface area contributed by atoms with Crippen molar-refractivity contribution >= 4 is 5.82 Å². The van der Waals surface area contributed by atoms with Crippen LogP contribution < -0.4 is 11.3 Å². The summed E-state index contributed by atoms with van der Waals surface area (Å²) in [6.07, 6.45) is 3.52. The molecule has 1 aromatic carbocycles. The highest BCUT2D eigenvalue weighted by molar-refractivity contribution is 5.66. The van der Waals surface area contributed by atoms with Crippen LogP contribution in [0.3, 0.4) is 0 Å². The SMILES string of the molecule is Cn1cc(-c2cc(NN)nc(-c3cccc(F)c3)n2)cn1. The summed E-state index contributed by atoms with van der Waals surface area (Å²) in [5.74, 6) is 5.94. The number of hydrazine groups is 1. The van der Waals surface area contributed by atoms with E-state index < -0.39 is 0 Å². The molecule has 2 heterocycles. The molecule has 0 spiro atoms. The molecular formula is C14H13FN6. The van der Waals surface area contributed by atoms with E-state index in [0.717, 1.165) is 5.56 Å². The summed E-state index contributed by atoms with van der Waals surface area (Å²) >= 11 is 0. The third kappa shape index (κ3) is 2.72. The third-order valence-electron chi connectivity index (χ3n) is 2.96. The number of hydrogen-bond acceptors (Lipinski definition) is 5. The first-order valence-electron chi connectivity index (χ1n) is 6.26. The Morgan fingerprint density at radius 3 is 2.71 bits per heavy atom. The monoisotopic (exact) mass is 284 g/mol. The number of aromatic nitrogens is 4. The van der Waals surface area contributed by atoms with E-state index in [9.17, 15) is 4.39 Å². The van der Waals surface area contributed by atoms with Crippen molar-refractivity contribution in [3.8, 4) is 22.6 Å². The van der Waals surface area contributed by atoms with E-state index in [4.69, 9.17) is 5.84 Å². The quantitative estimate of drug-likeness (QED) is 0.567. The van der Waals surface area contributed by atoms with Gasteiger partial charge in [0, 0.05) is 30.4 Å². The number of nitrogens with one attached hydrogen (secondary N) is 1. The smallest absolute Gasteiger partial charge is 0.162 e. The molecule has 106 valence electrons. The first-order valence-corrected chi connectivity index (χ1v) is 6.26. The van der Waals surface area contributed by atoms with Gasteiger partial charge >= 0.3 is 0 Å². The highest BCUT2D eigenvalue weighted by atomic mass is 19.1. The van der Waals surface area contributed by atoms with Gasteiger partial charge in [-0.05, 0) is 12.1 Å². The normalized spacial score (nSPS) is 10.6. The Morgan fingerprint density at radius 1 is 1.19 bits per heavy atom. The maximum absolute atomic E-state index is 13.4. The fourth-order valence-corrected chi connectivity index (χ4v) is 1.98. The standard InChI is InChI=1S/C14H13FN6/c1-21-8-10(7-17-21)12-6-13(20-16)19-14(18-12)9-3-2-4-11(15)5-9/h2-8H,16H2,1H3,(H,18,19,20). The van der Waals surface area contributed by atoms with Crippen LogP contribution in [0.25, 0.3) is 22.6 Å². The third-order valence-corrected chi connectivity index (χ3v) is 2.96. The van der Waals surface area contributed by atoms with Crippen molar-refractivity contribution in [2.24, 2.45) is 12.9 Å². The molecule has 0 aliphatic rings. The zero-order valence-electron chi connectivity index (χ0n) is 11.3. The van der Waals surface area contributed by atoms with Crippen molar-refractivity contribution in [1.82, 2.24) is 19.7 Å². The van der Waals surface area contributed by atoms with Crippen molar-refractivity contribution < 1.29 is 4.39 Å². The predicted octanol–water partition coefficient (Wildman–Crippen LogP) is 1.97. The summed E-state index contributed by atoms with van der Waals surface area (Å²) in [7, 11) is 1.82. The molecular weight excluding hydrogens is 271 g/mol. The van der Waals surface area contributed by atoms with Crippen molar-refractivity contribution in [3.63, 3.8) is 0 Å². The number of nitrogen functional groups attached to an aromatic ring is 1. The first-order chi connectivity index (χ1) is 10.2. The number of benzene rings is 1. The fraction of sp³-hybridized carbons (Fsp3) is 0.0714. The minimum atomic E-state index is -0.342. The van der Waals surface area contributed by atoms with Crippen LogP contribution in [0.5, 0.6) is 0 Å². The van der Waals surface area contributed by atoms with Crippen LogP contribution in [0.4, 0.5) is 10.2 Å². The molecule has 0 fully saturated rings. The number of anilines is 1. The molecule has 0 atom stereocenters. The molecule has 3 N–H and O–H groups in total. The lowest BCUT2D eigenvalue weighted by Gasteiger charge is -2.07. The second-order valence-corrected chi connectivity index (χ2v) is 4.52. The van der Waals surface area contributed by atoms with Gasteiger partial charge in [0.15, 0.2) is 5.82 Å². The van der Waals surface area contributed by atoms with Crippen molar-refractivity contribution in [2.45, 2.75) is 0 Å². The molecule has 6 nitrogen and oxygen atoms in total. The molecule has 7 heteroatoms. The lowest BCUT2D eigenvalue weighted by atomic mass is 10.2. The summed E-state index contributed by atoms with van der Waals surface area (Å²) < 4.78 is 15.0. The van der Waals surface area contributed by atoms with E-state index in [0.29, 0.717) is 22.9 Å². The van der Waals surface area contributed by atoms with Crippen molar-refractivity contribution in [3.05, 3.63) is 48.5 Å². The molecule has 0 saturated carbocycles. The van der Waals surface area contributed by atoms with Gasteiger partial charge in [-0.3, -0.25) is 4.68 Å². The average Bonchev–Trinajstić information content (AvgIpc) is 2.93. The zero-order valence-corrected chi connectivity index (χ0v) is 11.3. The van der Waals surface area contributed by atoms with Gasteiger partial charge in [-0.1, -0.05) is 12.1 Å². The number of nitrogens with zero attached hydrogens (tertiary/aromatic N) is 4. The largest absolute Gasteiger partial charge is 0.308 e. The van der Waals surface area contributed by atoms with Gasteiger partial charge in [0.25, 0.3) is 0 Å². The lowest BCUT2D eigenvalue weighted by molar-refractivity contribution is 0.628. The van der Waals surface area contributed by atoms with E-state index in [2.05, 4.69) is 20.5 Å². The number of hydrogen-bond donors (Lipinski definition) is 2. The second kappa shape index (κ2) is 5.29. The molecule has 0 bridgehead atoms. The Kier molecular flexibility index (Phi) is 3.33. The Hall–Kier alpha value is -2.80. The average molecular weight is 284 g/mol. The van der Waals surface area contributed by atoms with Crippen molar-refractivity contribution in [2.75, 3.05) is 5.43 Å². The van der Waals surface area contributed by atoms with Gasteiger partial charge in [0.1, 0.15) is 11.6 Å². The molecule has 0 radical (unpaired) electrons. The Balaban J connectivity index is 2.13. The van der Waals surface area contributed by atoms with Gasteiger partial charge in [0.05, 0.1) is 11.9 Å². The highest BCUT2D eigenvalue weighted by Crippen LogP contribution is 2.24. The highest BCUT2D eigenvalue weighted by Gasteiger charge is 2.10. The molecule has 0 saturated heterocycles. The van der Waals surface area contributed by atoms with Crippen molar-refractivity contribution in [1.29, 1.82) is 0 Å². The first kappa shape index (κ1) is 13.2. The Labute approximate surface area is 120 Å². The van der Waals surface area contributed by atoms with Crippen LogP contribution >= 0.6 is 0 Å². The van der Waals surface area contributed by atoms with E-state index in [1.165, 1.54) is 12.1 Å².